The summed E-state index contributed by atoms with van der Waals surface area (Å²) in [5, 5.41) is 5.44. The summed E-state index contributed by atoms with van der Waals surface area (Å²) in [6.45, 7) is 1.83. The van der Waals surface area contributed by atoms with Crippen molar-refractivity contribution in [1.82, 2.24) is 9.97 Å². The van der Waals surface area contributed by atoms with Crippen LogP contribution in [0.25, 0.3) is 0 Å². The van der Waals surface area contributed by atoms with Gasteiger partial charge in [0, 0.05) is 26.6 Å². The van der Waals surface area contributed by atoms with Crippen molar-refractivity contribution in [2.24, 2.45) is 0 Å². The molecule has 0 spiro atoms. The van der Waals surface area contributed by atoms with Crippen molar-refractivity contribution in [3.05, 3.63) is 161 Å². The van der Waals surface area contributed by atoms with Crippen molar-refractivity contribution in [1.29, 1.82) is 0 Å². The molecule has 6 amide bonds. The number of hydrogen-bond acceptors (Lipinski definition) is 10. The van der Waals surface area contributed by atoms with E-state index in [2.05, 4.69) is 20.6 Å². The normalized spacial score (nSPS) is 13.2. The molecule has 0 bridgehead atoms. The number of nitrogens with two attached hydrogens (primary N) is 1. The van der Waals surface area contributed by atoms with Gasteiger partial charge in [0.05, 0.1) is 57.4 Å². The predicted molar refractivity (Wildman–Crippen MR) is 206 cm³/mol. The summed E-state index contributed by atoms with van der Waals surface area (Å²) in [5.74, 6) is -2.68. The molecule has 8 rings (SSSR count). The Morgan fingerprint density at radius 2 is 0.982 bits per heavy atom. The maximum absolute atomic E-state index is 13.4. The molecule has 0 unspecified atom stereocenters. The van der Waals surface area contributed by atoms with Crippen LogP contribution in [0.1, 0.15) is 67.8 Å². The van der Waals surface area contributed by atoms with E-state index in [1.54, 1.807) is 72.8 Å². The van der Waals surface area contributed by atoms with Crippen LogP contribution in [0.4, 0.5) is 28.6 Å². The van der Waals surface area contributed by atoms with E-state index in [1.807, 2.05) is 6.92 Å². The average Bonchev–Trinajstić information content (AvgIpc) is 3.60. The summed E-state index contributed by atoms with van der Waals surface area (Å²) in [7, 11) is 0. The van der Waals surface area contributed by atoms with Gasteiger partial charge in [0.25, 0.3) is 35.4 Å². The number of aryl methyl sites for hydroxylation is 1. The smallest absolute Gasteiger partial charge is 0.266 e. The summed E-state index contributed by atoms with van der Waals surface area (Å²) in [5.41, 5.74) is 9.14. The first-order chi connectivity index (χ1) is 26.5. The monoisotopic (exact) mass is 745 g/mol. The highest BCUT2D eigenvalue weighted by atomic mass is 32.2. The number of amides is 6. The van der Waals surface area contributed by atoms with Crippen LogP contribution < -0.4 is 26.2 Å². The number of rotatable bonds is 8. The van der Waals surface area contributed by atoms with Crippen molar-refractivity contribution in [2.45, 2.75) is 16.7 Å². The molecule has 0 fully saturated rings. The molecule has 13 nitrogen and oxygen atoms in total. The first-order valence-corrected chi connectivity index (χ1v) is 17.6. The zero-order chi connectivity index (χ0) is 38.4. The molecule has 6 aromatic rings. The first kappa shape index (κ1) is 34.6. The average molecular weight is 746 g/mol. The Hall–Kier alpha value is -7.45. The molecular formula is C41H27N7O6S. The van der Waals surface area contributed by atoms with Gasteiger partial charge in [-0.25, -0.2) is 14.8 Å². The van der Waals surface area contributed by atoms with E-state index in [9.17, 15) is 28.8 Å². The minimum absolute atomic E-state index is 0.117. The zero-order valence-corrected chi connectivity index (χ0v) is 29.6. The number of nitrogens with zero attached hydrogens (tertiary/aromatic N) is 4. The Balaban J connectivity index is 0.918. The molecule has 4 N–H and O–H groups in total. The third-order valence-corrected chi connectivity index (χ3v) is 9.95. The van der Waals surface area contributed by atoms with E-state index in [4.69, 9.17) is 5.73 Å². The van der Waals surface area contributed by atoms with Gasteiger partial charge in [0.2, 0.25) is 0 Å². The lowest BCUT2D eigenvalue weighted by molar-refractivity contribution is 0.0910. The molecule has 2 aromatic heterocycles. The van der Waals surface area contributed by atoms with Gasteiger partial charge in [-0.2, -0.15) is 0 Å². The van der Waals surface area contributed by atoms with Crippen molar-refractivity contribution < 1.29 is 28.8 Å². The van der Waals surface area contributed by atoms with Crippen molar-refractivity contribution in [3.63, 3.8) is 0 Å². The number of fused-ring (bicyclic) bond motifs is 2. The van der Waals surface area contributed by atoms with Gasteiger partial charge in [-0.05, 0) is 116 Å². The number of benzene rings is 4. The topological polar surface area (TPSA) is 185 Å². The fourth-order valence-corrected chi connectivity index (χ4v) is 6.94. The van der Waals surface area contributed by atoms with Gasteiger partial charge in [0.1, 0.15) is 5.82 Å². The standard InChI is InChI=1S/C41H27N7O6S/c1-22-2-5-25(20-43-22)45-36(49)23-3-15-31-33(18-23)40(53)47(38(31)51)27-7-11-29(12-8-27)55-30-13-9-28(10-14-30)48-39(52)32-16-4-24(19-34(32)41(48)54)37(50)46-26-6-17-35(42)44-21-26/h2-21H,1H3,(H2,42,44)(H,45,49)(H,46,50). The zero-order valence-electron chi connectivity index (χ0n) is 28.8. The third-order valence-electron chi connectivity index (χ3n) is 8.94. The second-order valence-electron chi connectivity index (χ2n) is 12.6. The number of imide groups is 2. The molecule has 0 aliphatic carbocycles. The van der Waals surface area contributed by atoms with Crippen molar-refractivity contribution >= 4 is 75.8 Å². The second kappa shape index (κ2) is 13.8. The van der Waals surface area contributed by atoms with Crippen LogP contribution in [0.5, 0.6) is 0 Å². The molecule has 14 heteroatoms. The summed E-state index contributed by atoms with van der Waals surface area (Å²) >= 11 is 1.40. The van der Waals surface area contributed by atoms with Crippen LogP contribution in [-0.4, -0.2) is 45.4 Å². The number of aromatic nitrogens is 2. The second-order valence-corrected chi connectivity index (χ2v) is 13.7. The Labute approximate surface area is 317 Å². The quantitative estimate of drug-likeness (QED) is 0.143. The highest BCUT2D eigenvalue weighted by molar-refractivity contribution is 7.99. The highest BCUT2D eigenvalue weighted by Gasteiger charge is 2.38. The van der Waals surface area contributed by atoms with Crippen LogP contribution in [-0.2, 0) is 0 Å². The third kappa shape index (κ3) is 6.57. The van der Waals surface area contributed by atoms with Crippen LogP contribution in [0.15, 0.2) is 131 Å². The lowest BCUT2D eigenvalue weighted by atomic mass is 10.1. The molecule has 55 heavy (non-hydrogen) atoms. The lowest BCUT2D eigenvalue weighted by Gasteiger charge is -2.15. The van der Waals surface area contributed by atoms with Gasteiger partial charge in [-0.1, -0.05) is 11.8 Å². The fraction of sp³-hybridized carbons (Fsp3) is 0.0244. The summed E-state index contributed by atoms with van der Waals surface area (Å²) in [6, 6.07) is 29.1. The lowest BCUT2D eigenvalue weighted by Crippen LogP contribution is -2.29. The predicted octanol–water partition coefficient (Wildman–Crippen LogP) is 6.62. The maximum Gasteiger partial charge on any atom is 0.266 e. The van der Waals surface area contributed by atoms with Crippen molar-refractivity contribution in [3.8, 4) is 0 Å². The number of anilines is 5. The SMILES string of the molecule is Cc1ccc(NC(=O)c2ccc3c(c2)C(=O)N(c2ccc(Sc4ccc(N5C(=O)c6ccc(C(=O)Nc7ccc(N)nc7)cc6C5=O)cc4)cc2)C3=O)cn1. The molecule has 2 aliphatic rings. The minimum atomic E-state index is -0.549. The summed E-state index contributed by atoms with van der Waals surface area (Å²) in [6.07, 6.45) is 2.95. The highest BCUT2D eigenvalue weighted by Crippen LogP contribution is 2.35. The van der Waals surface area contributed by atoms with E-state index >= 15 is 0 Å². The van der Waals surface area contributed by atoms with Crippen LogP contribution in [0, 0.1) is 6.92 Å². The number of pyridine rings is 2. The summed E-state index contributed by atoms with van der Waals surface area (Å²) < 4.78 is 0. The fourth-order valence-electron chi connectivity index (χ4n) is 6.12. The first-order valence-electron chi connectivity index (χ1n) is 16.7. The molecule has 0 saturated heterocycles. The van der Waals surface area contributed by atoms with Gasteiger partial charge >= 0.3 is 0 Å². The molecule has 4 aromatic carbocycles. The van der Waals surface area contributed by atoms with Gasteiger partial charge < -0.3 is 16.4 Å². The number of carbonyl (C=O) groups is 6. The molecule has 4 heterocycles. The Bertz CT molecular complexity index is 2410. The number of nitrogens with one attached hydrogen (secondary N) is 2. The molecule has 0 radical (unpaired) electrons. The number of nitrogen functional groups attached to an aromatic ring is 1. The van der Waals surface area contributed by atoms with E-state index < -0.39 is 35.4 Å². The van der Waals surface area contributed by atoms with Gasteiger partial charge in [0.15, 0.2) is 0 Å². The molecule has 0 saturated carbocycles. The number of hydrogen-bond donors (Lipinski definition) is 3. The molecule has 268 valence electrons. The van der Waals surface area contributed by atoms with Crippen LogP contribution in [0.3, 0.4) is 0 Å². The Morgan fingerprint density at radius 1 is 0.545 bits per heavy atom. The number of carbonyl (C=O) groups excluding carboxylic acids is 6. The van der Waals surface area contributed by atoms with E-state index in [1.165, 1.54) is 60.6 Å². The Morgan fingerprint density at radius 3 is 1.40 bits per heavy atom. The Kier molecular flexibility index (Phi) is 8.71. The van der Waals surface area contributed by atoms with Gasteiger partial charge in [-0.3, -0.25) is 33.8 Å². The van der Waals surface area contributed by atoms with E-state index in [0.717, 1.165) is 25.3 Å². The maximum atomic E-state index is 13.4. The van der Waals surface area contributed by atoms with E-state index in [-0.39, 0.29) is 33.4 Å². The largest absolute Gasteiger partial charge is 0.384 e. The molecule has 0 atom stereocenters. The summed E-state index contributed by atoms with van der Waals surface area (Å²) in [4.78, 5) is 91.0. The van der Waals surface area contributed by atoms with Crippen LogP contribution in [0.2, 0.25) is 0 Å². The van der Waals surface area contributed by atoms with Crippen molar-refractivity contribution in [2.75, 3.05) is 26.2 Å². The minimum Gasteiger partial charge on any atom is -0.384 e. The van der Waals surface area contributed by atoms with E-state index in [0.29, 0.717) is 28.6 Å². The van der Waals surface area contributed by atoms with Gasteiger partial charge in [-0.15, -0.1) is 0 Å². The molecular weight excluding hydrogens is 719 g/mol. The van der Waals surface area contributed by atoms with Crippen LogP contribution >= 0.6 is 11.8 Å². The molecule has 2 aliphatic heterocycles.